The van der Waals surface area contributed by atoms with Gasteiger partial charge in [0.2, 0.25) is 17.2 Å². The topological polar surface area (TPSA) is 52.6 Å². The van der Waals surface area contributed by atoms with E-state index in [0.717, 1.165) is 16.3 Å². The first-order chi connectivity index (χ1) is 19.1. The molecule has 190 valence electrons. The number of rotatable bonds is 7. The standard InChI is InChI=1S/C35H26O4/c1-38-28-21-19-25(20-22-28)31-23-32(30-18-10-16-24-11-8-9-17-29(24)30)39-35(31,33(36)26-12-4-2-5-13-26)34(37)27-14-6-3-7-15-27/h2-23,32H,1H3. The summed E-state index contributed by atoms with van der Waals surface area (Å²) in [5, 5.41) is 2.06. The molecule has 5 aromatic carbocycles. The van der Waals surface area contributed by atoms with Crippen LogP contribution in [-0.2, 0) is 4.74 Å². The van der Waals surface area contributed by atoms with Gasteiger partial charge in [-0.2, -0.15) is 0 Å². The van der Waals surface area contributed by atoms with Gasteiger partial charge in [-0.25, -0.2) is 0 Å². The fraction of sp³-hybridized carbons (Fsp3) is 0.0857. The minimum atomic E-state index is -1.89. The zero-order valence-electron chi connectivity index (χ0n) is 21.4. The predicted octanol–water partition coefficient (Wildman–Crippen LogP) is 7.51. The summed E-state index contributed by atoms with van der Waals surface area (Å²) in [5.41, 5.74) is 1.04. The maximum absolute atomic E-state index is 14.5. The summed E-state index contributed by atoms with van der Waals surface area (Å²) < 4.78 is 12.1. The second-order valence-electron chi connectivity index (χ2n) is 9.49. The highest BCUT2D eigenvalue weighted by molar-refractivity contribution is 6.31. The Bertz CT molecular complexity index is 1630. The molecule has 0 spiro atoms. The molecule has 1 heterocycles. The van der Waals surface area contributed by atoms with Crippen LogP contribution in [-0.4, -0.2) is 24.3 Å². The van der Waals surface area contributed by atoms with Gasteiger partial charge >= 0.3 is 0 Å². The Balaban J connectivity index is 1.61. The molecule has 0 fully saturated rings. The predicted molar refractivity (Wildman–Crippen MR) is 153 cm³/mol. The molecule has 0 aliphatic carbocycles. The number of hydrogen-bond donors (Lipinski definition) is 0. The molecular formula is C35H26O4. The Morgan fingerprint density at radius 2 is 1.23 bits per heavy atom. The highest BCUT2D eigenvalue weighted by atomic mass is 16.5. The van der Waals surface area contributed by atoms with Crippen LogP contribution in [0, 0.1) is 0 Å². The number of ketones is 2. The zero-order chi connectivity index (χ0) is 26.8. The molecule has 0 aromatic heterocycles. The average molecular weight is 511 g/mol. The molecule has 1 aliphatic heterocycles. The number of hydrogen-bond acceptors (Lipinski definition) is 4. The number of ether oxygens (including phenoxy) is 2. The highest BCUT2D eigenvalue weighted by Crippen LogP contribution is 2.48. The van der Waals surface area contributed by atoms with E-state index in [1.807, 2.05) is 84.9 Å². The normalized spacial score (nSPS) is 16.0. The van der Waals surface area contributed by atoms with Crippen molar-refractivity contribution in [1.29, 1.82) is 0 Å². The lowest BCUT2D eigenvalue weighted by atomic mass is 9.77. The Labute approximate surface area is 227 Å². The third kappa shape index (κ3) is 4.25. The van der Waals surface area contributed by atoms with Gasteiger partial charge in [-0.1, -0.05) is 115 Å². The number of carbonyl (C=O) groups excluding carboxylic acids is 2. The Morgan fingerprint density at radius 1 is 0.667 bits per heavy atom. The molecular weight excluding hydrogens is 484 g/mol. The molecule has 0 bridgehead atoms. The van der Waals surface area contributed by atoms with Crippen molar-refractivity contribution in [2.75, 3.05) is 7.11 Å². The molecule has 4 nitrogen and oxygen atoms in total. The second kappa shape index (κ2) is 10.2. The van der Waals surface area contributed by atoms with Gasteiger partial charge in [-0.15, -0.1) is 0 Å². The van der Waals surface area contributed by atoms with Gasteiger partial charge in [0.1, 0.15) is 11.9 Å². The number of carbonyl (C=O) groups is 2. The number of fused-ring (bicyclic) bond motifs is 1. The van der Waals surface area contributed by atoms with E-state index in [9.17, 15) is 9.59 Å². The van der Waals surface area contributed by atoms with Gasteiger partial charge in [0.05, 0.1) is 7.11 Å². The van der Waals surface area contributed by atoms with Crippen LogP contribution in [0.1, 0.15) is 37.9 Å². The van der Waals surface area contributed by atoms with E-state index >= 15 is 0 Å². The molecule has 5 aromatic rings. The number of methoxy groups -OCH3 is 1. The van der Waals surface area contributed by atoms with Gasteiger partial charge in [-0.3, -0.25) is 9.59 Å². The van der Waals surface area contributed by atoms with Crippen molar-refractivity contribution in [1.82, 2.24) is 0 Å². The molecule has 1 atom stereocenters. The van der Waals surface area contributed by atoms with E-state index in [1.165, 1.54) is 0 Å². The molecule has 6 rings (SSSR count). The van der Waals surface area contributed by atoms with E-state index < -0.39 is 23.3 Å². The van der Waals surface area contributed by atoms with Crippen molar-refractivity contribution in [3.63, 3.8) is 0 Å². The smallest absolute Gasteiger partial charge is 0.220 e. The SMILES string of the molecule is COc1ccc(C2=CC(c3cccc4ccccc34)OC2(C(=O)c2ccccc2)C(=O)c2ccccc2)cc1. The molecule has 0 saturated heterocycles. The monoisotopic (exact) mass is 510 g/mol. The van der Waals surface area contributed by atoms with Crippen LogP contribution in [0.15, 0.2) is 133 Å². The zero-order valence-corrected chi connectivity index (χ0v) is 21.4. The van der Waals surface area contributed by atoms with Crippen molar-refractivity contribution in [2.45, 2.75) is 11.7 Å². The average Bonchev–Trinajstić information content (AvgIpc) is 3.42. The minimum absolute atomic E-state index is 0.401. The van der Waals surface area contributed by atoms with E-state index in [-0.39, 0.29) is 0 Å². The van der Waals surface area contributed by atoms with Gasteiger partial charge in [-0.05, 0) is 40.1 Å². The maximum Gasteiger partial charge on any atom is 0.220 e. The lowest BCUT2D eigenvalue weighted by Gasteiger charge is -2.31. The van der Waals surface area contributed by atoms with Gasteiger partial charge in [0, 0.05) is 16.7 Å². The molecule has 0 amide bonds. The van der Waals surface area contributed by atoms with Crippen LogP contribution in [0.2, 0.25) is 0 Å². The van der Waals surface area contributed by atoms with Gasteiger partial charge in [0.15, 0.2) is 0 Å². The Hall–Kier alpha value is -4.80. The maximum atomic E-state index is 14.5. The van der Waals surface area contributed by atoms with E-state index in [4.69, 9.17) is 9.47 Å². The largest absolute Gasteiger partial charge is 0.497 e. The van der Waals surface area contributed by atoms with Crippen LogP contribution in [0.25, 0.3) is 16.3 Å². The first-order valence-corrected chi connectivity index (χ1v) is 12.8. The minimum Gasteiger partial charge on any atom is -0.497 e. The summed E-state index contributed by atoms with van der Waals surface area (Å²) in [7, 11) is 1.60. The molecule has 0 saturated carbocycles. The van der Waals surface area contributed by atoms with Crippen LogP contribution in [0.5, 0.6) is 5.75 Å². The summed E-state index contributed by atoms with van der Waals surface area (Å²) in [6.07, 6.45) is 1.29. The summed E-state index contributed by atoms with van der Waals surface area (Å²) in [6, 6.07) is 39.2. The molecule has 39 heavy (non-hydrogen) atoms. The molecule has 1 unspecified atom stereocenters. The fourth-order valence-electron chi connectivity index (χ4n) is 5.32. The lowest BCUT2D eigenvalue weighted by molar-refractivity contribution is 0.000786. The first-order valence-electron chi connectivity index (χ1n) is 12.8. The Morgan fingerprint density at radius 3 is 1.85 bits per heavy atom. The number of Topliss-reactive ketones (excluding diaryl/α,β-unsaturated/α-hetero) is 2. The van der Waals surface area contributed by atoms with Crippen molar-refractivity contribution in [2.24, 2.45) is 0 Å². The third-order valence-electron chi connectivity index (χ3n) is 7.24. The van der Waals surface area contributed by atoms with Crippen LogP contribution in [0.4, 0.5) is 0 Å². The molecule has 0 radical (unpaired) electrons. The van der Waals surface area contributed by atoms with Crippen molar-refractivity contribution in [3.8, 4) is 5.75 Å². The Kier molecular flexibility index (Phi) is 6.39. The second-order valence-corrected chi connectivity index (χ2v) is 9.49. The third-order valence-corrected chi connectivity index (χ3v) is 7.24. The van der Waals surface area contributed by atoms with E-state index in [2.05, 4.69) is 0 Å². The lowest BCUT2D eigenvalue weighted by Crippen LogP contribution is -2.48. The summed E-state index contributed by atoms with van der Waals surface area (Å²) in [5.74, 6) is -0.123. The van der Waals surface area contributed by atoms with Crippen LogP contribution < -0.4 is 4.74 Å². The number of benzene rings is 5. The van der Waals surface area contributed by atoms with Crippen molar-refractivity contribution >= 4 is 27.9 Å². The van der Waals surface area contributed by atoms with Crippen molar-refractivity contribution < 1.29 is 19.1 Å². The van der Waals surface area contributed by atoms with Gasteiger partial charge < -0.3 is 9.47 Å². The summed E-state index contributed by atoms with van der Waals surface area (Å²) >= 11 is 0. The quantitative estimate of drug-likeness (QED) is 0.168. The van der Waals surface area contributed by atoms with Gasteiger partial charge in [0.25, 0.3) is 0 Å². The molecule has 4 heteroatoms. The van der Waals surface area contributed by atoms with E-state index in [0.29, 0.717) is 28.0 Å². The summed E-state index contributed by atoms with van der Waals surface area (Å²) in [6.45, 7) is 0. The van der Waals surface area contributed by atoms with E-state index in [1.54, 1.807) is 55.6 Å². The highest BCUT2D eigenvalue weighted by Gasteiger charge is 2.56. The molecule has 1 aliphatic rings. The summed E-state index contributed by atoms with van der Waals surface area (Å²) in [4.78, 5) is 29.0. The molecule has 0 N–H and O–H groups in total. The first kappa shape index (κ1) is 24.5. The van der Waals surface area contributed by atoms with Crippen molar-refractivity contribution in [3.05, 3.63) is 156 Å². The van der Waals surface area contributed by atoms with Crippen LogP contribution in [0.3, 0.4) is 0 Å². The fourth-order valence-corrected chi connectivity index (χ4v) is 5.32. The van der Waals surface area contributed by atoms with Crippen LogP contribution >= 0.6 is 0 Å².